The lowest BCUT2D eigenvalue weighted by molar-refractivity contribution is 0.311. The molecule has 0 aliphatic rings. The molecule has 4 nitrogen and oxygen atoms in total. The van der Waals surface area contributed by atoms with Crippen LogP contribution in [0.3, 0.4) is 0 Å². The van der Waals surface area contributed by atoms with E-state index < -0.39 is 0 Å². The third-order valence-electron chi connectivity index (χ3n) is 2.43. The van der Waals surface area contributed by atoms with Gasteiger partial charge in [-0.05, 0) is 19.1 Å². The van der Waals surface area contributed by atoms with Crippen molar-refractivity contribution in [2.45, 2.75) is 13.5 Å². The van der Waals surface area contributed by atoms with E-state index in [2.05, 4.69) is 10.3 Å². The highest BCUT2D eigenvalue weighted by molar-refractivity contribution is 7.15. The highest BCUT2D eigenvalue weighted by Crippen LogP contribution is 2.30. The molecule has 2 aromatic rings. The van der Waals surface area contributed by atoms with Crippen molar-refractivity contribution < 1.29 is 9.47 Å². The van der Waals surface area contributed by atoms with E-state index in [9.17, 15) is 0 Å². The number of hydrogen-bond acceptors (Lipinski definition) is 5. The molecule has 0 saturated carbocycles. The molecule has 0 atom stereocenters. The van der Waals surface area contributed by atoms with Crippen LogP contribution in [0.1, 0.15) is 11.9 Å². The molecule has 0 spiro atoms. The van der Waals surface area contributed by atoms with E-state index in [0.29, 0.717) is 23.2 Å². The largest absolute Gasteiger partial charge is 0.493 e. The molecule has 0 saturated heterocycles. The summed E-state index contributed by atoms with van der Waals surface area (Å²) in [6, 6.07) is 5.74. The Kier molecular flexibility index (Phi) is 4.87. The number of ether oxygens (including phenoxy) is 2. The molecule has 0 amide bonds. The molecule has 2 rings (SSSR count). The van der Waals surface area contributed by atoms with Crippen molar-refractivity contribution in [3.63, 3.8) is 0 Å². The van der Waals surface area contributed by atoms with Crippen LogP contribution in [0.2, 0.25) is 4.34 Å². The van der Waals surface area contributed by atoms with Gasteiger partial charge in [0.05, 0.1) is 26.5 Å². The Balaban J connectivity index is 2.04. The molecule has 1 N–H and O–H groups in total. The molecule has 19 heavy (non-hydrogen) atoms. The molecule has 0 unspecified atom stereocenters. The maximum absolute atomic E-state index is 5.84. The number of aromatic nitrogens is 1. The summed E-state index contributed by atoms with van der Waals surface area (Å²) in [5.74, 6) is 1.46. The molecule has 0 bridgehead atoms. The molecule has 102 valence electrons. The highest BCUT2D eigenvalue weighted by atomic mass is 35.5. The third kappa shape index (κ3) is 3.75. The molecule has 6 heteroatoms. The van der Waals surface area contributed by atoms with E-state index in [0.717, 1.165) is 16.4 Å². The SMILES string of the molecule is CCOc1ccc(NCc2ncc(Cl)s2)cc1OC. The molecule has 0 radical (unpaired) electrons. The zero-order valence-corrected chi connectivity index (χ0v) is 12.3. The van der Waals surface area contributed by atoms with Crippen molar-refractivity contribution in [1.82, 2.24) is 4.98 Å². The van der Waals surface area contributed by atoms with E-state index in [-0.39, 0.29) is 0 Å². The second-order valence-corrected chi connectivity index (χ2v) is 5.46. The van der Waals surface area contributed by atoms with E-state index in [4.69, 9.17) is 21.1 Å². The zero-order chi connectivity index (χ0) is 13.7. The smallest absolute Gasteiger partial charge is 0.162 e. The summed E-state index contributed by atoms with van der Waals surface area (Å²) in [5, 5.41) is 4.21. The second kappa shape index (κ2) is 6.63. The maximum atomic E-state index is 5.84. The van der Waals surface area contributed by atoms with Gasteiger partial charge in [-0.15, -0.1) is 11.3 Å². The number of anilines is 1. The van der Waals surface area contributed by atoms with E-state index in [1.807, 2.05) is 25.1 Å². The number of hydrogen-bond donors (Lipinski definition) is 1. The monoisotopic (exact) mass is 298 g/mol. The van der Waals surface area contributed by atoms with Gasteiger partial charge in [-0.25, -0.2) is 4.98 Å². The van der Waals surface area contributed by atoms with Crippen LogP contribution in [0.15, 0.2) is 24.4 Å². The van der Waals surface area contributed by atoms with Gasteiger partial charge in [-0.1, -0.05) is 11.6 Å². The minimum absolute atomic E-state index is 0.612. The number of rotatable bonds is 6. The summed E-state index contributed by atoms with van der Waals surface area (Å²) >= 11 is 7.30. The lowest BCUT2D eigenvalue weighted by atomic mass is 10.2. The van der Waals surface area contributed by atoms with Crippen LogP contribution in [0.5, 0.6) is 11.5 Å². The van der Waals surface area contributed by atoms with Crippen molar-refractivity contribution in [3.8, 4) is 11.5 Å². The lowest BCUT2D eigenvalue weighted by Crippen LogP contribution is -2.00. The van der Waals surface area contributed by atoms with Crippen molar-refractivity contribution in [1.29, 1.82) is 0 Å². The molecule has 1 aromatic carbocycles. The normalized spacial score (nSPS) is 10.3. The molecule has 1 heterocycles. The minimum Gasteiger partial charge on any atom is -0.493 e. The molecule has 1 aromatic heterocycles. The minimum atomic E-state index is 0.612. The van der Waals surface area contributed by atoms with Crippen molar-refractivity contribution >= 4 is 28.6 Å². The van der Waals surface area contributed by atoms with Crippen molar-refractivity contribution in [3.05, 3.63) is 33.7 Å². The van der Waals surface area contributed by atoms with E-state index in [1.165, 1.54) is 11.3 Å². The Labute approximate surface area is 121 Å². The number of nitrogens with one attached hydrogen (secondary N) is 1. The fourth-order valence-electron chi connectivity index (χ4n) is 1.60. The quantitative estimate of drug-likeness (QED) is 0.880. The Morgan fingerprint density at radius 3 is 2.84 bits per heavy atom. The summed E-state index contributed by atoms with van der Waals surface area (Å²) in [5.41, 5.74) is 0.951. The third-order valence-corrected chi connectivity index (χ3v) is 3.55. The predicted molar refractivity (Wildman–Crippen MR) is 78.6 cm³/mol. The number of methoxy groups -OCH3 is 1. The van der Waals surface area contributed by atoms with Gasteiger partial charge in [-0.2, -0.15) is 0 Å². The molecule has 0 aliphatic carbocycles. The predicted octanol–water partition coefficient (Wildman–Crippen LogP) is 3.82. The molecule has 0 aliphatic heterocycles. The summed E-state index contributed by atoms with van der Waals surface area (Å²) < 4.78 is 11.5. The van der Waals surface area contributed by atoms with Gasteiger partial charge < -0.3 is 14.8 Å². The zero-order valence-electron chi connectivity index (χ0n) is 10.8. The van der Waals surface area contributed by atoms with Crippen LogP contribution >= 0.6 is 22.9 Å². The number of nitrogens with zero attached hydrogens (tertiary/aromatic N) is 1. The number of benzene rings is 1. The number of thiazole rings is 1. The van der Waals surface area contributed by atoms with Gasteiger partial charge in [0.1, 0.15) is 9.34 Å². The van der Waals surface area contributed by atoms with Crippen LogP contribution < -0.4 is 14.8 Å². The van der Waals surface area contributed by atoms with Crippen LogP contribution in [-0.4, -0.2) is 18.7 Å². The fourth-order valence-corrected chi connectivity index (χ4v) is 2.50. The van der Waals surface area contributed by atoms with Gasteiger partial charge >= 0.3 is 0 Å². The van der Waals surface area contributed by atoms with Crippen molar-refractivity contribution in [2.24, 2.45) is 0 Å². The van der Waals surface area contributed by atoms with Crippen LogP contribution in [0.25, 0.3) is 0 Å². The summed E-state index contributed by atoms with van der Waals surface area (Å²) in [6.07, 6.45) is 1.65. The lowest BCUT2D eigenvalue weighted by Gasteiger charge is -2.11. The first-order valence-corrected chi connectivity index (χ1v) is 7.07. The van der Waals surface area contributed by atoms with Gasteiger partial charge in [0.25, 0.3) is 0 Å². The highest BCUT2D eigenvalue weighted by Gasteiger charge is 2.06. The Bertz CT molecular complexity index is 545. The topological polar surface area (TPSA) is 43.4 Å². The van der Waals surface area contributed by atoms with Crippen molar-refractivity contribution in [2.75, 3.05) is 19.0 Å². The first kappa shape index (κ1) is 14.0. The average Bonchev–Trinajstić information content (AvgIpc) is 2.83. The first-order chi connectivity index (χ1) is 9.22. The van der Waals surface area contributed by atoms with E-state index >= 15 is 0 Å². The standard InChI is InChI=1S/C13H15ClN2O2S/c1-3-18-10-5-4-9(6-11(10)17-2)15-8-13-16-7-12(14)19-13/h4-7,15H,3,8H2,1-2H3. The van der Waals surface area contributed by atoms with Gasteiger partial charge in [0.15, 0.2) is 11.5 Å². The van der Waals surface area contributed by atoms with Crippen LogP contribution in [-0.2, 0) is 6.54 Å². The molecule has 0 fully saturated rings. The van der Waals surface area contributed by atoms with Gasteiger partial charge in [0, 0.05) is 11.8 Å². The number of halogens is 1. The Morgan fingerprint density at radius 1 is 1.37 bits per heavy atom. The molecular weight excluding hydrogens is 284 g/mol. The Hall–Kier alpha value is -1.46. The van der Waals surface area contributed by atoms with Gasteiger partial charge in [-0.3, -0.25) is 0 Å². The van der Waals surface area contributed by atoms with Crippen LogP contribution in [0, 0.1) is 0 Å². The molecular formula is C13H15ClN2O2S. The maximum Gasteiger partial charge on any atom is 0.162 e. The van der Waals surface area contributed by atoms with Crippen LogP contribution in [0.4, 0.5) is 5.69 Å². The summed E-state index contributed by atoms with van der Waals surface area (Å²) in [4.78, 5) is 4.19. The summed E-state index contributed by atoms with van der Waals surface area (Å²) in [7, 11) is 1.63. The fraction of sp³-hybridized carbons (Fsp3) is 0.308. The summed E-state index contributed by atoms with van der Waals surface area (Å²) in [6.45, 7) is 3.19. The first-order valence-electron chi connectivity index (χ1n) is 5.88. The van der Waals surface area contributed by atoms with Gasteiger partial charge in [0.2, 0.25) is 0 Å². The average molecular weight is 299 g/mol. The second-order valence-electron chi connectivity index (χ2n) is 3.71. The Morgan fingerprint density at radius 2 is 2.21 bits per heavy atom. The van der Waals surface area contributed by atoms with E-state index in [1.54, 1.807) is 13.3 Å².